The number of carbonyl (C=O) groups is 2. The molecule has 28 heavy (non-hydrogen) atoms. The first-order valence-electron chi connectivity index (χ1n) is 9.45. The van der Waals surface area contributed by atoms with E-state index in [1.807, 2.05) is 18.2 Å². The van der Waals surface area contributed by atoms with Gasteiger partial charge in [0.05, 0.1) is 5.56 Å². The van der Waals surface area contributed by atoms with Crippen molar-refractivity contribution < 1.29 is 9.59 Å². The molecule has 0 spiro atoms. The maximum absolute atomic E-state index is 12.9. The minimum Gasteiger partial charge on any atom is -0.358 e. The summed E-state index contributed by atoms with van der Waals surface area (Å²) in [5, 5.41) is 2.71. The number of rotatable bonds is 5. The van der Waals surface area contributed by atoms with Crippen LogP contribution in [0.5, 0.6) is 0 Å². The van der Waals surface area contributed by atoms with Crippen LogP contribution in [0.3, 0.4) is 0 Å². The minimum absolute atomic E-state index is 0.0916. The van der Waals surface area contributed by atoms with E-state index in [2.05, 4.69) is 22.3 Å². The van der Waals surface area contributed by atoms with Crippen molar-refractivity contribution in [3.8, 4) is 0 Å². The maximum Gasteiger partial charge on any atom is 0.255 e. The Morgan fingerprint density at radius 1 is 1.11 bits per heavy atom. The first-order chi connectivity index (χ1) is 13.5. The number of aromatic nitrogens is 1. The third-order valence-corrected chi connectivity index (χ3v) is 5.19. The quantitative estimate of drug-likeness (QED) is 0.817. The van der Waals surface area contributed by atoms with E-state index < -0.39 is 0 Å². The van der Waals surface area contributed by atoms with E-state index in [1.165, 1.54) is 16.2 Å². The lowest BCUT2D eigenvalue weighted by molar-refractivity contribution is -0.127. The third-order valence-electron chi connectivity index (χ3n) is 5.19. The van der Waals surface area contributed by atoms with Gasteiger partial charge in [0.2, 0.25) is 11.5 Å². The summed E-state index contributed by atoms with van der Waals surface area (Å²) in [6.07, 6.45) is 2.39. The van der Waals surface area contributed by atoms with Gasteiger partial charge in [-0.05, 0) is 18.1 Å². The average Bonchev–Trinajstić information content (AvgIpc) is 2.73. The molecule has 0 unspecified atom stereocenters. The van der Waals surface area contributed by atoms with Gasteiger partial charge in [-0.15, -0.1) is 0 Å². The summed E-state index contributed by atoms with van der Waals surface area (Å²) in [7, 11) is 3.24. The predicted molar refractivity (Wildman–Crippen MR) is 107 cm³/mol. The molecule has 3 rings (SSSR count). The summed E-state index contributed by atoms with van der Waals surface area (Å²) >= 11 is 0. The fourth-order valence-electron chi connectivity index (χ4n) is 3.51. The number of aryl methyl sites for hydroxylation is 1. The molecule has 2 heterocycles. The van der Waals surface area contributed by atoms with E-state index >= 15 is 0 Å². The van der Waals surface area contributed by atoms with Gasteiger partial charge in [-0.1, -0.05) is 30.3 Å². The second-order valence-electron chi connectivity index (χ2n) is 7.02. The number of benzene rings is 1. The molecule has 0 bridgehead atoms. The van der Waals surface area contributed by atoms with Crippen LogP contribution in [-0.4, -0.2) is 65.4 Å². The van der Waals surface area contributed by atoms with E-state index in [4.69, 9.17) is 0 Å². The molecule has 1 N–H and O–H groups in total. The van der Waals surface area contributed by atoms with Crippen LogP contribution in [-0.2, 0) is 18.3 Å². The van der Waals surface area contributed by atoms with Gasteiger partial charge in [-0.25, -0.2) is 0 Å². The van der Waals surface area contributed by atoms with E-state index in [9.17, 15) is 14.4 Å². The molecule has 0 aliphatic carbocycles. The molecule has 148 valence electrons. The van der Waals surface area contributed by atoms with Gasteiger partial charge < -0.3 is 14.8 Å². The van der Waals surface area contributed by atoms with Crippen molar-refractivity contribution >= 4 is 11.8 Å². The van der Waals surface area contributed by atoms with Crippen molar-refractivity contribution in [2.45, 2.75) is 12.5 Å². The Bertz CT molecular complexity index is 894. The van der Waals surface area contributed by atoms with Crippen molar-refractivity contribution in [1.82, 2.24) is 19.7 Å². The lowest BCUT2D eigenvalue weighted by Gasteiger charge is -2.40. The number of hydrogen-bond acceptors (Lipinski definition) is 4. The van der Waals surface area contributed by atoms with E-state index in [0.29, 0.717) is 25.2 Å². The lowest BCUT2D eigenvalue weighted by Crippen LogP contribution is -2.60. The van der Waals surface area contributed by atoms with Crippen LogP contribution < -0.4 is 10.9 Å². The van der Waals surface area contributed by atoms with Gasteiger partial charge in [0.1, 0.15) is 6.04 Å². The Balaban J connectivity index is 1.70. The molecule has 1 fully saturated rings. The molecule has 1 aliphatic rings. The maximum atomic E-state index is 12.9. The van der Waals surface area contributed by atoms with Gasteiger partial charge in [0.25, 0.3) is 5.91 Å². The van der Waals surface area contributed by atoms with Crippen LogP contribution in [0.4, 0.5) is 0 Å². The molecule has 1 atom stereocenters. The van der Waals surface area contributed by atoms with E-state index in [0.717, 1.165) is 13.0 Å². The van der Waals surface area contributed by atoms with Crippen molar-refractivity contribution in [1.29, 1.82) is 0 Å². The zero-order chi connectivity index (χ0) is 20.1. The first kappa shape index (κ1) is 19.8. The molecule has 0 saturated carbocycles. The van der Waals surface area contributed by atoms with Crippen molar-refractivity contribution in [3.63, 3.8) is 0 Å². The fourth-order valence-corrected chi connectivity index (χ4v) is 3.51. The normalized spacial score (nSPS) is 17.4. The highest BCUT2D eigenvalue weighted by Crippen LogP contribution is 2.14. The summed E-state index contributed by atoms with van der Waals surface area (Å²) in [5.74, 6) is -0.252. The van der Waals surface area contributed by atoms with Crippen LogP contribution in [0.25, 0.3) is 0 Å². The number of piperazine rings is 1. The van der Waals surface area contributed by atoms with Gasteiger partial charge in [-0.3, -0.25) is 19.3 Å². The third kappa shape index (κ3) is 4.48. The number of pyridine rings is 1. The lowest BCUT2D eigenvalue weighted by atomic mass is 10.1. The molecule has 1 saturated heterocycles. The van der Waals surface area contributed by atoms with Gasteiger partial charge in [-0.2, -0.15) is 0 Å². The molecule has 7 nitrogen and oxygen atoms in total. The second kappa shape index (κ2) is 8.84. The summed E-state index contributed by atoms with van der Waals surface area (Å²) in [5.41, 5.74) is 1.52. The van der Waals surface area contributed by atoms with Crippen LogP contribution in [0.1, 0.15) is 15.9 Å². The van der Waals surface area contributed by atoms with Gasteiger partial charge >= 0.3 is 0 Å². The van der Waals surface area contributed by atoms with Gasteiger partial charge in [0, 0.05) is 52.5 Å². The Morgan fingerprint density at radius 3 is 2.54 bits per heavy atom. The fraction of sp³-hybridized carbons (Fsp3) is 0.381. The zero-order valence-corrected chi connectivity index (χ0v) is 16.3. The molecule has 1 aliphatic heterocycles. The van der Waals surface area contributed by atoms with Crippen LogP contribution >= 0.6 is 0 Å². The van der Waals surface area contributed by atoms with Crippen LogP contribution in [0.2, 0.25) is 0 Å². The highest BCUT2D eigenvalue weighted by molar-refractivity contribution is 5.94. The molecule has 7 heteroatoms. The molecule has 2 aromatic rings. The van der Waals surface area contributed by atoms with Crippen LogP contribution in [0.15, 0.2) is 53.5 Å². The molecule has 0 radical (unpaired) electrons. The summed E-state index contributed by atoms with van der Waals surface area (Å²) in [6, 6.07) is 12.7. The molecular formula is C21H26N4O3. The van der Waals surface area contributed by atoms with Crippen molar-refractivity contribution in [2.24, 2.45) is 7.05 Å². The number of nitrogens with one attached hydrogen (secondary N) is 1. The zero-order valence-electron chi connectivity index (χ0n) is 16.3. The number of carbonyl (C=O) groups excluding carboxylic acids is 2. The van der Waals surface area contributed by atoms with E-state index in [-0.39, 0.29) is 23.4 Å². The predicted octanol–water partition coefficient (Wildman–Crippen LogP) is 0.500. The first-order valence-corrected chi connectivity index (χ1v) is 9.45. The largest absolute Gasteiger partial charge is 0.358 e. The van der Waals surface area contributed by atoms with Crippen molar-refractivity contribution in [2.75, 3.05) is 33.2 Å². The topological polar surface area (TPSA) is 74.6 Å². The summed E-state index contributed by atoms with van der Waals surface area (Å²) < 4.78 is 1.39. The second-order valence-corrected chi connectivity index (χ2v) is 7.02. The highest BCUT2D eigenvalue weighted by Gasteiger charge is 2.34. The average molecular weight is 382 g/mol. The molecule has 2 amide bonds. The number of nitrogens with zero attached hydrogens (tertiary/aromatic N) is 3. The Labute approximate surface area is 164 Å². The monoisotopic (exact) mass is 382 g/mol. The Kier molecular flexibility index (Phi) is 6.26. The van der Waals surface area contributed by atoms with Crippen LogP contribution in [0, 0.1) is 0 Å². The van der Waals surface area contributed by atoms with E-state index in [1.54, 1.807) is 31.3 Å². The minimum atomic E-state index is -0.390. The SMILES string of the molecule is CNC(=O)[C@@H]1CN(C(=O)c2ccc(=O)n(C)c2)CCN1CCc1ccccc1. The number of likely N-dealkylation sites (N-methyl/N-ethyl adjacent to an activating group) is 1. The van der Waals surface area contributed by atoms with Gasteiger partial charge in [0.15, 0.2) is 0 Å². The molecular weight excluding hydrogens is 356 g/mol. The molecule has 1 aromatic heterocycles. The number of amides is 2. The Morgan fingerprint density at radius 2 is 1.86 bits per heavy atom. The smallest absolute Gasteiger partial charge is 0.255 e. The summed E-state index contributed by atoms with van der Waals surface area (Å²) in [4.78, 5) is 40.7. The number of hydrogen-bond donors (Lipinski definition) is 1. The molecule has 1 aromatic carbocycles. The Hall–Kier alpha value is -2.93. The van der Waals surface area contributed by atoms with Crippen molar-refractivity contribution in [3.05, 3.63) is 70.1 Å². The summed E-state index contributed by atoms with van der Waals surface area (Å²) in [6.45, 7) is 2.26. The highest BCUT2D eigenvalue weighted by atomic mass is 16.2. The standard InChI is InChI=1S/C21H26N4O3/c1-22-20(27)18-15-25(21(28)17-8-9-19(26)23(2)14-17)13-12-24(18)11-10-16-6-4-3-5-7-16/h3-9,14,18H,10-13,15H2,1-2H3,(H,22,27)/t18-/m0/s1.